The molecule has 2 aromatic carbocycles. The van der Waals surface area contributed by atoms with Crippen LogP contribution in [0.2, 0.25) is 0 Å². The van der Waals surface area contributed by atoms with Crippen LogP contribution < -0.4 is 19.6 Å². The van der Waals surface area contributed by atoms with Crippen LogP contribution in [0.15, 0.2) is 50.1 Å². The Hall–Kier alpha value is -3.04. The van der Waals surface area contributed by atoms with Crippen LogP contribution in [-0.2, 0) is 14.3 Å². The SMILES string of the molecule is COCCOC(=O)COc1c(-c2cc(Br)c(OC)c(OC)c2)oc2ccccc2c1=O. The van der Waals surface area contributed by atoms with Gasteiger partial charge in [-0.1, -0.05) is 12.1 Å². The Bertz CT molecular complexity index is 1140. The van der Waals surface area contributed by atoms with Crippen LogP contribution in [0.25, 0.3) is 22.3 Å². The van der Waals surface area contributed by atoms with Crippen molar-refractivity contribution in [2.45, 2.75) is 0 Å². The Kier molecular flexibility index (Phi) is 7.54. The molecule has 0 radical (unpaired) electrons. The third-order valence-electron chi connectivity index (χ3n) is 4.34. The maximum Gasteiger partial charge on any atom is 0.344 e. The molecule has 0 amide bonds. The molecule has 1 aromatic heterocycles. The first-order chi connectivity index (χ1) is 15.0. The van der Waals surface area contributed by atoms with Crippen molar-refractivity contribution < 1.29 is 32.9 Å². The van der Waals surface area contributed by atoms with E-state index < -0.39 is 18.0 Å². The minimum Gasteiger partial charge on any atom is -0.493 e. The molecule has 0 N–H and O–H groups in total. The number of fused-ring (bicyclic) bond motifs is 1. The van der Waals surface area contributed by atoms with E-state index in [4.69, 9.17) is 28.1 Å². The first-order valence-electron chi connectivity index (χ1n) is 9.25. The minimum absolute atomic E-state index is 0.0838. The summed E-state index contributed by atoms with van der Waals surface area (Å²) in [4.78, 5) is 25.1. The van der Waals surface area contributed by atoms with Crippen molar-refractivity contribution in [1.82, 2.24) is 0 Å². The predicted molar refractivity (Wildman–Crippen MR) is 117 cm³/mol. The lowest BCUT2D eigenvalue weighted by atomic mass is 10.1. The highest BCUT2D eigenvalue weighted by molar-refractivity contribution is 9.10. The Balaban J connectivity index is 2.08. The fraction of sp³-hybridized carbons (Fsp3) is 0.273. The van der Waals surface area contributed by atoms with Gasteiger partial charge in [0.1, 0.15) is 12.2 Å². The fourth-order valence-electron chi connectivity index (χ4n) is 2.91. The molecule has 164 valence electrons. The lowest BCUT2D eigenvalue weighted by molar-refractivity contribution is -0.147. The highest BCUT2D eigenvalue weighted by Gasteiger charge is 2.21. The average molecular weight is 493 g/mol. The van der Waals surface area contributed by atoms with E-state index in [2.05, 4.69) is 15.9 Å². The first-order valence-corrected chi connectivity index (χ1v) is 10.0. The topological polar surface area (TPSA) is 93.4 Å². The quantitative estimate of drug-likeness (QED) is 0.328. The van der Waals surface area contributed by atoms with Gasteiger partial charge >= 0.3 is 5.97 Å². The van der Waals surface area contributed by atoms with Gasteiger partial charge in [-0.05, 0) is 40.2 Å². The number of halogens is 1. The van der Waals surface area contributed by atoms with Crippen molar-refractivity contribution in [3.05, 3.63) is 51.1 Å². The normalized spacial score (nSPS) is 10.7. The van der Waals surface area contributed by atoms with Gasteiger partial charge in [-0.15, -0.1) is 0 Å². The standard InChI is InChI=1S/C22H21BrO8/c1-26-8-9-29-18(24)12-30-22-19(25)14-6-4-5-7-16(14)31-20(22)13-10-15(23)21(28-3)17(11-13)27-2/h4-7,10-11H,8-9,12H2,1-3H3. The molecule has 9 heteroatoms. The number of ether oxygens (including phenoxy) is 5. The summed E-state index contributed by atoms with van der Waals surface area (Å²) in [6.45, 7) is -0.121. The van der Waals surface area contributed by atoms with E-state index in [0.717, 1.165) is 0 Å². The fourth-order valence-corrected chi connectivity index (χ4v) is 3.51. The van der Waals surface area contributed by atoms with Crippen LogP contribution in [-0.4, -0.2) is 47.1 Å². The zero-order valence-corrected chi connectivity index (χ0v) is 18.8. The molecule has 0 unspecified atom stereocenters. The van der Waals surface area contributed by atoms with Gasteiger partial charge in [0.2, 0.25) is 11.2 Å². The monoisotopic (exact) mass is 492 g/mol. The molecular weight excluding hydrogens is 472 g/mol. The van der Waals surface area contributed by atoms with Gasteiger partial charge < -0.3 is 28.1 Å². The molecule has 0 atom stereocenters. The van der Waals surface area contributed by atoms with E-state index in [0.29, 0.717) is 32.5 Å². The van der Waals surface area contributed by atoms with Crippen LogP contribution in [0.4, 0.5) is 0 Å². The molecule has 0 aliphatic heterocycles. The van der Waals surface area contributed by atoms with Gasteiger partial charge in [-0.2, -0.15) is 0 Å². The summed E-state index contributed by atoms with van der Waals surface area (Å²) >= 11 is 3.43. The summed E-state index contributed by atoms with van der Waals surface area (Å²) in [5, 5.41) is 0.327. The second kappa shape index (κ2) is 10.3. The number of methoxy groups -OCH3 is 3. The second-order valence-electron chi connectivity index (χ2n) is 6.28. The lowest BCUT2D eigenvalue weighted by Crippen LogP contribution is -2.20. The summed E-state index contributed by atoms with van der Waals surface area (Å²) in [5.74, 6) is 0.312. The molecule has 0 saturated carbocycles. The van der Waals surface area contributed by atoms with Gasteiger partial charge in [0.25, 0.3) is 0 Å². The van der Waals surface area contributed by atoms with Crippen LogP contribution in [0.1, 0.15) is 0 Å². The van der Waals surface area contributed by atoms with Crippen molar-refractivity contribution in [1.29, 1.82) is 0 Å². The molecule has 3 aromatic rings. The summed E-state index contributed by atoms with van der Waals surface area (Å²) in [7, 11) is 4.51. The smallest absolute Gasteiger partial charge is 0.344 e. The zero-order valence-electron chi connectivity index (χ0n) is 17.2. The van der Waals surface area contributed by atoms with E-state index in [1.54, 1.807) is 36.4 Å². The van der Waals surface area contributed by atoms with Crippen LogP contribution in [0, 0.1) is 0 Å². The molecular formula is C22H21BrO8. The molecule has 0 fully saturated rings. The van der Waals surface area contributed by atoms with E-state index in [1.165, 1.54) is 21.3 Å². The number of hydrogen-bond donors (Lipinski definition) is 0. The van der Waals surface area contributed by atoms with E-state index >= 15 is 0 Å². The Labute approximate surface area is 186 Å². The maximum atomic E-state index is 13.1. The van der Waals surface area contributed by atoms with Crippen molar-refractivity contribution in [3.63, 3.8) is 0 Å². The van der Waals surface area contributed by atoms with Crippen LogP contribution in [0.5, 0.6) is 17.2 Å². The molecule has 0 aliphatic rings. The second-order valence-corrected chi connectivity index (χ2v) is 7.14. The number of para-hydroxylation sites is 1. The number of rotatable bonds is 9. The number of hydrogen-bond acceptors (Lipinski definition) is 8. The van der Waals surface area contributed by atoms with Crippen LogP contribution >= 0.6 is 15.9 Å². The highest BCUT2D eigenvalue weighted by Crippen LogP contribution is 2.41. The molecule has 31 heavy (non-hydrogen) atoms. The number of carbonyl (C=O) groups excluding carboxylic acids is 1. The molecule has 0 bridgehead atoms. The first kappa shape index (κ1) is 22.6. The molecule has 0 spiro atoms. The van der Waals surface area contributed by atoms with Crippen molar-refractivity contribution in [2.75, 3.05) is 41.2 Å². The largest absolute Gasteiger partial charge is 0.493 e. The van der Waals surface area contributed by atoms with Crippen molar-refractivity contribution in [2.24, 2.45) is 0 Å². The predicted octanol–water partition coefficient (Wildman–Crippen LogP) is 3.81. The number of esters is 1. The maximum absolute atomic E-state index is 13.1. The summed E-state index contributed by atoms with van der Waals surface area (Å²) < 4.78 is 32.7. The third kappa shape index (κ3) is 5.00. The van der Waals surface area contributed by atoms with Crippen molar-refractivity contribution in [3.8, 4) is 28.6 Å². The van der Waals surface area contributed by atoms with E-state index in [-0.39, 0.29) is 24.7 Å². The van der Waals surface area contributed by atoms with Gasteiger partial charge in [0.05, 0.1) is 30.7 Å². The summed E-state index contributed by atoms with van der Waals surface area (Å²) in [5.41, 5.74) is 0.464. The Morgan fingerprint density at radius 1 is 1.03 bits per heavy atom. The minimum atomic E-state index is -0.635. The Morgan fingerprint density at radius 3 is 2.52 bits per heavy atom. The van der Waals surface area contributed by atoms with E-state index in [1.807, 2.05) is 0 Å². The average Bonchev–Trinajstić information content (AvgIpc) is 2.78. The Morgan fingerprint density at radius 2 is 1.81 bits per heavy atom. The zero-order chi connectivity index (χ0) is 22.4. The summed E-state index contributed by atoms with van der Waals surface area (Å²) in [6, 6.07) is 10.1. The molecule has 8 nitrogen and oxygen atoms in total. The van der Waals surface area contributed by atoms with Gasteiger partial charge in [0.15, 0.2) is 23.9 Å². The highest BCUT2D eigenvalue weighted by atomic mass is 79.9. The number of benzene rings is 2. The van der Waals surface area contributed by atoms with Gasteiger partial charge in [0, 0.05) is 12.7 Å². The molecule has 1 heterocycles. The van der Waals surface area contributed by atoms with Gasteiger partial charge in [-0.25, -0.2) is 4.79 Å². The van der Waals surface area contributed by atoms with Gasteiger partial charge in [-0.3, -0.25) is 4.79 Å². The molecule has 0 saturated heterocycles. The van der Waals surface area contributed by atoms with E-state index in [9.17, 15) is 9.59 Å². The summed E-state index contributed by atoms with van der Waals surface area (Å²) in [6.07, 6.45) is 0. The van der Waals surface area contributed by atoms with Crippen LogP contribution in [0.3, 0.4) is 0 Å². The molecule has 3 rings (SSSR count). The third-order valence-corrected chi connectivity index (χ3v) is 4.93. The van der Waals surface area contributed by atoms with Crippen molar-refractivity contribution >= 4 is 32.9 Å². The molecule has 0 aliphatic carbocycles. The number of carbonyl (C=O) groups is 1. The lowest BCUT2D eigenvalue weighted by Gasteiger charge is -2.14.